The van der Waals surface area contributed by atoms with Crippen LogP contribution in [-0.4, -0.2) is 32.3 Å². The van der Waals surface area contributed by atoms with Crippen molar-refractivity contribution in [2.75, 3.05) is 20.3 Å². The van der Waals surface area contributed by atoms with Crippen LogP contribution in [0.5, 0.6) is 11.5 Å². The quantitative estimate of drug-likeness (QED) is 0.462. The Hall–Kier alpha value is -1.91. The number of hydrogen-bond donors (Lipinski definition) is 2. The lowest BCUT2D eigenvalue weighted by atomic mass is 9.96. The van der Waals surface area contributed by atoms with Gasteiger partial charge in [-0.25, -0.2) is 0 Å². The van der Waals surface area contributed by atoms with E-state index in [0.717, 1.165) is 17.9 Å². The summed E-state index contributed by atoms with van der Waals surface area (Å²) < 4.78 is 10.8. The van der Waals surface area contributed by atoms with E-state index < -0.39 is 0 Å². The van der Waals surface area contributed by atoms with Crippen LogP contribution in [0.3, 0.4) is 0 Å². The number of nitrogens with two attached hydrogens (primary N) is 1. The van der Waals surface area contributed by atoms with E-state index in [1.165, 1.54) is 32.1 Å². The van der Waals surface area contributed by atoms with Crippen LogP contribution in [0.2, 0.25) is 0 Å². The van der Waals surface area contributed by atoms with Crippen molar-refractivity contribution in [3.63, 3.8) is 0 Å². The molecule has 1 fully saturated rings. The van der Waals surface area contributed by atoms with Gasteiger partial charge < -0.3 is 20.5 Å². The number of methoxy groups -OCH3 is 1. The third-order valence-corrected chi connectivity index (χ3v) is 3.87. The lowest BCUT2D eigenvalue weighted by molar-refractivity contribution is 0.312. The van der Waals surface area contributed by atoms with Gasteiger partial charge in [0.05, 0.1) is 13.7 Å². The minimum absolute atomic E-state index is 0.507. The van der Waals surface area contributed by atoms with Crippen LogP contribution in [0, 0.1) is 0 Å². The maximum atomic E-state index is 5.91. The van der Waals surface area contributed by atoms with Crippen LogP contribution in [0.25, 0.3) is 0 Å². The zero-order valence-corrected chi connectivity index (χ0v) is 13.4. The van der Waals surface area contributed by atoms with E-state index in [4.69, 9.17) is 15.2 Å². The van der Waals surface area contributed by atoms with Crippen molar-refractivity contribution in [3.8, 4) is 11.5 Å². The van der Waals surface area contributed by atoms with Crippen LogP contribution >= 0.6 is 0 Å². The first kappa shape index (κ1) is 16.5. The summed E-state index contributed by atoms with van der Waals surface area (Å²) in [6.45, 7) is 1.31. The van der Waals surface area contributed by atoms with Crippen molar-refractivity contribution in [3.05, 3.63) is 24.3 Å². The van der Waals surface area contributed by atoms with Gasteiger partial charge in [0.15, 0.2) is 5.96 Å². The van der Waals surface area contributed by atoms with Gasteiger partial charge in [-0.3, -0.25) is 4.99 Å². The number of ether oxygens (including phenoxy) is 2. The van der Waals surface area contributed by atoms with Gasteiger partial charge in [0.2, 0.25) is 0 Å². The van der Waals surface area contributed by atoms with Gasteiger partial charge >= 0.3 is 0 Å². The normalized spacial score (nSPS) is 16.3. The second-order valence-corrected chi connectivity index (χ2v) is 5.62. The van der Waals surface area contributed by atoms with Gasteiger partial charge in [0, 0.05) is 19.0 Å². The summed E-state index contributed by atoms with van der Waals surface area (Å²) >= 11 is 0. The third kappa shape index (κ3) is 5.84. The van der Waals surface area contributed by atoms with Crippen LogP contribution in [-0.2, 0) is 0 Å². The molecule has 0 aliphatic heterocycles. The molecule has 1 aliphatic carbocycles. The minimum atomic E-state index is 0.507. The largest absolute Gasteiger partial charge is 0.497 e. The summed E-state index contributed by atoms with van der Waals surface area (Å²) in [7, 11) is 1.65. The highest BCUT2D eigenvalue weighted by atomic mass is 16.5. The maximum Gasteiger partial charge on any atom is 0.188 e. The van der Waals surface area contributed by atoms with E-state index in [1.807, 2.05) is 24.3 Å². The fraction of sp³-hybridized carbons (Fsp3) is 0.588. The van der Waals surface area contributed by atoms with Gasteiger partial charge in [-0.15, -0.1) is 0 Å². The van der Waals surface area contributed by atoms with Crippen molar-refractivity contribution >= 4 is 5.96 Å². The first-order chi connectivity index (χ1) is 10.8. The molecule has 0 amide bonds. The zero-order chi connectivity index (χ0) is 15.6. The minimum Gasteiger partial charge on any atom is -0.497 e. The number of hydrogen-bond acceptors (Lipinski definition) is 3. The summed E-state index contributed by atoms with van der Waals surface area (Å²) in [4.78, 5) is 4.36. The van der Waals surface area contributed by atoms with E-state index in [9.17, 15) is 0 Å². The molecule has 1 saturated carbocycles. The Bertz CT molecular complexity index is 453. The lowest BCUT2D eigenvalue weighted by Crippen LogP contribution is -2.41. The Morgan fingerprint density at radius 1 is 1.18 bits per heavy atom. The van der Waals surface area contributed by atoms with Crippen molar-refractivity contribution in [1.82, 2.24) is 5.32 Å². The molecule has 0 saturated heterocycles. The molecule has 0 spiro atoms. The topological polar surface area (TPSA) is 68.9 Å². The number of guanidine groups is 1. The Balaban J connectivity index is 1.60. The summed E-state index contributed by atoms with van der Waals surface area (Å²) in [6, 6.07) is 8.09. The molecule has 3 N–H and O–H groups in total. The van der Waals surface area contributed by atoms with Crippen molar-refractivity contribution in [2.24, 2.45) is 10.7 Å². The molecule has 0 atom stereocenters. The summed E-state index contributed by atoms with van der Waals surface area (Å²) in [5.74, 6) is 2.24. The smallest absolute Gasteiger partial charge is 0.188 e. The molecule has 5 nitrogen and oxygen atoms in total. The Labute approximate surface area is 132 Å². The third-order valence-electron chi connectivity index (χ3n) is 3.87. The van der Waals surface area contributed by atoms with Crippen molar-refractivity contribution in [1.29, 1.82) is 0 Å². The molecule has 1 aliphatic rings. The zero-order valence-electron chi connectivity index (χ0n) is 13.4. The standard InChI is InChI=1S/C17H27N3O2/c1-21-15-8-10-16(11-9-15)22-13-5-12-19-17(18)20-14-6-3-2-4-7-14/h8-11,14H,2-7,12-13H2,1H3,(H3,18,19,20). The molecule has 1 aromatic carbocycles. The maximum absolute atomic E-state index is 5.91. The monoisotopic (exact) mass is 305 g/mol. The number of nitrogens with one attached hydrogen (secondary N) is 1. The summed E-state index contributed by atoms with van der Waals surface area (Å²) in [6.07, 6.45) is 7.19. The molecule has 0 bridgehead atoms. The average molecular weight is 305 g/mol. The van der Waals surface area contributed by atoms with Crippen LogP contribution in [0.15, 0.2) is 29.3 Å². The summed E-state index contributed by atoms with van der Waals surface area (Å²) in [5, 5.41) is 3.31. The molecule has 0 heterocycles. The Kier molecular flexibility index (Phi) is 6.87. The fourth-order valence-electron chi connectivity index (χ4n) is 2.63. The van der Waals surface area contributed by atoms with Gasteiger partial charge in [-0.1, -0.05) is 19.3 Å². The molecule has 5 heteroatoms. The average Bonchev–Trinajstić information content (AvgIpc) is 2.56. The van der Waals surface area contributed by atoms with Gasteiger partial charge in [-0.05, 0) is 37.1 Å². The second kappa shape index (κ2) is 9.18. The Morgan fingerprint density at radius 2 is 1.86 bits per heavy atom. The van der Waals surface area contributed by atoms with Crippen molar-refractivity contribution < 1.29 is 9.47 Å². The molecule has 2 rings (SSSR count). The summed E-state index contributed by atoms with van der Waals surface area (Å²) in [5.41, 5.74) is 5.91. The first-order valence-corrected chi connectivity index (χ1v) is 8.11. The molecule has 0 unspecified atom stereocenters. The van der Waals surface area contributed by atoms with E-state index in [2.05, 4.69) is 10.3 Å². The SMILES string of the molecule is COc1ccc(OCCCN=C(N)NC2CCCCC2)cc1. The molecule has 122 valence electrons. The molecular formula is C17H27N3O2. The highest BCUT2D eigenvalue weighted by Gasteiger charge is 2.12. The fourth-order valence-corrected chi connectivity index (χ4v) is 2.63. The van der Waals surface area contributed by atoms with Gasteiger partial charge in [0.1, 0.15) is 11.5 Å². The van der Waals surface area contributed by atoms with E-state index in [1.54, 1.807) is 7.11 Å². The number of nitrogens with zero attached hydrogens (tertiary/aromatic N) is 1. The molecule has 0 aromatic heterocycles. The first-order valence-electron chi connectivity index (χ1n) is 8.11. The van der Waals surface area contributed by atoms with E-state index in [0.29, 0.717) is 25.2 Å². The molecule has 1 aromatic rings. The molecule has 0 radical (unpaired) electrons. The van der Waals surface area contributed by atoms with Crippen LogP contribution in [0.1, 0.15) is 38.5 Å². The molecular weight excluding hydrogens is 278 g/mol. The highest BCUT2D eigenvalue weighted by Crippen LogP contribution is 2.17. The Morgan fingerprint density at radius 3 is 2.55 bits per heavy atom. The predicted octanol–water partition coefficient (Wildman–Crippen LogP) is 2.70. The van der Waals surface area contributed by atoms with Crippen LogP contribution < -0.4 is 20.5 Å². The van der Waals surface area contributed by atoms with Crippen molar-refractivity contribution in [2.45, 2.75) is 44.6 Å². The van der Waals surface area contributed by atoms with E-state index in [-0.39, 0.29) is 0 Å². The number of benzene rings is 1. The van der Waals surface area contributed by atoms with Gasteiger partial charge in [-0.2, -0.15) is 0 Å². The number of rotatable bonds is 7. The lowest BCUT2D eigenvalue weighted by Gasteiger charge is -2.23. The predicted molar refractivity (Wildman–Crippen MR) is 89.6 cm³/mol. The van der Waals surface area contributed by atoms with E-state index >= 15 is 0 Å². The second-order valence-electron chi connectivity index (χ2n) is 5.62. The number of aliphatic imine (C=N–C) groups is 1. The van der Waals surface area contributed by atoms with Gasteiger partial charge in [0.25, 0.3) is 0 Å². The van der Waals surface area contributed by atoms with Crippen LogP contribution in [0.4, 0.5) is 0 Å². The highest BCUT2D eigenvalue weighted by molar-refractivity contribution is 5.78. The molecule has 22 heavy (non-hydrogen) atoms.